The van der Waals surface area contributed by atoms with Crippen LogP contribution < -0.4 is 5.32 Å². The number of nitrogens with one attached hydrogen (secondary N) is 1. The molecule has 1 rings (SSSR count). The van der Waals surface area contributed by atoms with Crippen LogP contribution in [0.25, 0.3) is 0 Å². The van der Waals surface area contributed by atoms with Crippen molar-refractivity contribution in [1.29, 1.82) is 0 Å². The van der Waals surface area contributed by atoms with Crippen LogP contribution in [0.5, 0.6) is 0 Å². The number of rotatable bonds is 6. The van der Waals surface area contributed by atoms with Crippen molar-refractivity contribution >= 4 is 0 Å². The fraction of sp³-hybridized carbons (Fsp3) is 1.00. The Hall–Kier alpha value is -0.290. The van der Waals surface area contributed by atoms with Gasteiger partial charge in [-0.25, -0.2) is 0 Å². The van der Waals surface area contributed by atoms with Gasteiger partial charge in [0.2, 0.25) is 0 Å². The third-order valence-corrected chi connectivity index (χ3v) is 2.54. The predicted molar refractivity (Wildman–Crippen MR) is 51.7 cm³/mol. The second kappa shape index (κ2) is 5.70. The van der Waals surface area contributed by atoms with E-state index >= 15 is 0 Å². The fourth-order valence-corrected chi connectivity index (χ4v) is 1.74. The third-order valence-electron chi connectivity index (χ3n) is 2.54. The maximum absolute atomic E-state index is 11.7. The molecule has 1 saturated carbocycles. The molecule has 0 bridgehead atoms. The minimum Gasteiger partial charge on any atom is -0.372 e. The largest absolute Gasteiger partial charge is 0.411 e. The molecular formula is C10H18F3NO. The van der Waals surface area contributed by atoms with E-state index < -0.39 is 12.8 Å². The quantitative estimate of drug-likeness (QED) is 0.700. The highest BCUT2D eigenvalue weighted by molar-refractivity contribution is 4.81. The van der Waals surface area contributed by atoms with Crippen LogP contribution in [-0.2, 0) is 4.74 Å². The van der Waals surface area contributed by atoms with Gasteiger partial charge in [0.25, 0.3) is 0 Å². The Labute approximate surface area is 88.2 Å². The van der Waals surface area contributed by atoms with E-state index in [9.17, 15) is 13.2 Å². The Morgan fingerprint density at radius 1 is 1.33 bits per heavy atom. The van der Waals surface area contributed by atoms with Gasteiger partial charge in [-0.1, -0.05) is 6.92 Å². The Balaban J connectivity index is 1.81. The number of halogens is 3. The molecule has 0 aromatic heterocycles. The molecule has 0 aliphatic heterocycles. The molecular weight excluding hydrogens is 207 g/mol. The van der Waals surface area contributed by atoms with Gasteiger partial charge in [0, 0.05) is 12.6 Å². The number of hydrogen-bond donors (Lipinski definition) is 1. The molecule has 0 aromatic rings. The molecule has 0 radical (unpaired) electrons. The summed E-state index contributed by atoms with van der Waals surface area (Å²) in [6.07, 6.45) is -1.19. The smallest absolute Gasteiger partial charge is 0.372 e. The van der Waals surface area contributed by atoms with Gasteiger partial charge in [0.1, 0.15) is 6.61 Å². The maximum atomic E-state index is 11.7. The monoisotopic (exact) mass is 225 g/mol. The van der Waals surface area contributed by atoms with Crippen LogP contribution in [0, 0.1) is 5.92 Å². The highest BCUT2D eigenvalue weighted by Crippen LogP contribution is 2.25. The Morgan fingerprint density at radius 3 is 2.53 bits per heavy atom. The van der Waals surface area contributed by atoms with Crippen LogP contribution >= 0.6 is 0 Å². The molecule has 0 aromatic carbocycles. The number of alkyl halides is 3. The summed E-state index contributed by atoms with van der Waals surface area (Å²) >= 11 is 0. The lowest BCUT2D eigenvalue weighted by Crippen LogP contribution is -2.40. The zero-order chi connectivity index (χ0) is 11.3. The molecule has 0 heterocycles. The Morgan fingerprint density at radius 2 is 2.00 bits per heavy atom. The topological polar surface area (TPSA) is 21.3 Å². The van der Waals surface area contributed by atoms with Gasteiger partial charge in [0.05, 0.1) is 0 Å². The highest BCUT2D eigenvalue weighted by Gasteiger charge is 2.27. The lowest BCUT2D eigenvalue weighted by Gasteiger charge is -2.33. The van der Waals surface area contributed by atoms with Crippen LogP contribution in [0.15, 0.2) is 0 Å². The fourth-order valence-electron chi connectivity index (χ4n) is 1.74. The zero-order valence-corrected chi connectivity index (χ0v) is 8.94. The first-order valence-corrected chi connectivity index (χ1v) is 5.35. The van der Waals surface area contributed by atoms with E-state index in [4.69, 9.17) is 0 Å². The molecule has 5 heteroatoms. The second-order valence-corrected chi connectivity index (χ2v) is 4.25. The van der Waals surface area contributed by atoms with Crippen LogP contribution in [0.4, 0.5) is 13.2 Å². The lowest BCUT2D eigenvalue weighted by atomic mass is 9.82. The molecule has 15 heavy (non-hydrogen) atoms. The minimum atomic E-state index is -4.20. The van der Waals surface area contributed by atoms with Crippen molar-refractivity contribution in [1.82, 2.24) is 5.32 Å². The average Bonchev–Trinajstić information content (AvgIpc) is 2.05. The minimum absolute atomic E-state index is 0.175. The normalized spacial score (nSPS) is 26.4. The van der Waals surface area contributed by atoms with E-state index in [2.05, 4.69) is 17.0 Å². The zero-order valence-electron chi connectivity index (χ0n) is 8.94. The van der Waals surface area contributed by atoms with Crippen LogP contribution in [0.2, 0.25) is 0 Å². The molecule has 0 amide bonds. The van der Waals surface area contributed by atoms with E-state index in [0.717, 1.165) is 12.5 Å². The first kappa shape index (κ1) is 12.8. The molecule has 0 spiro atoms. The molecule has 1 aliphatic carbocycles. The van der Waals surface area contributed by atoms with Gasteiger partial charge >= 0.3 is 6.18 Å². The van der Waals surface area contributed by atoms with Crippen molar-refractivity contribution in [3.05, 3.63) is 0 Å². The lowest BCUT2D eigenvalue weighted by molar-refractivity contribution is -0.174. The summed E-state index contributed by atoms with van der Waals surface area (Å²) in [5.74, 6) is 0.795. The summed E-state index contributed by atoms with van der Waals surface area (Å²) in [4.78, 5) is 0. The second-order valence-electron chi connectivity index (χ2n) is 4.25. The molecule has 1 N–H and O–H groups in total. The first-order chi connectivity index (χ1) is 6.97. The van der Waals surface area contributed by atoms with Crippen molar-refractivity contribution in [2.24, 2.45) is 5.92 Å². The van der Waals surface area contributed by atoms with E-state index in [-0.39, 0.29) is 6.61 Å². The molecule has 90 valence electrons. The van der Waals surface area contributed by atoms with Crippen LogP contribution in [-0.4, -0.2) is 32.0 Å². The van der Waals surface area contributed by atoms with Crippen LogP contribution in [0.3, 0.4) is 0 Å². The number of hydrogen-bond acceptors (Lipinski definition) is 2. The molecule has 2 nitrogen and oxygen atoms in total. The SMILES string of the molecule is CC1CC(NCCCOCC(F)(F)F)C1. The Kier molecular flexibility index (Phi) is 4.86. The van der Waals surface area contributed by atoms with Crippen molar-refractivity contribution < 1.29 is 17.9 Å². The van der Waals surface area contributed by atoms with Gasteiger partial charge in [-0.3, -0.25) is 0 Å². The summed E-state index contributed by atoms with van der Waals surface area (Å²) in [7, 11) is 0. The van der Waals surface area contributed by atoms with Crippen molar-refractivity contribution in [2.45, 2.75) is 38.4 Å². The first-order valence-electron chi connectivity index (χ1n) is 5.35. The van der Waals surface area contributed by atoms with Gasteiger partial charge in [-0.15, -0.1) is 0 Å². The van der Waals surface area contributed by atoms with Gasteiger partial charge < -0.3 is 10.1 Å². The molecule has 0 unspecified atom stereocenters. The van der Waals surface area contributed by atoms with Gasteiger partial charge in [-0.2, -0.15) is 13.2 Å². The summed E-state index contributed by atoms with van der Waals surface area (Å²) < 4.78 is 39.5. The third kappa shape index (κ3) is 5.99. The highest BCUT2D eigenvalue weighted by atomic mass is 19.4. The van der Waals surface area contributed by atoms with Crippen molar-refractivity contribution in [3.63, 3.8) is 0 Å². The predicted octanol–water partition coefficient (Wildman–Crippen LogP) is 2.34. The molecule has 1 fully saturated rings. The average molecular weight is 225 g/mol. The van der Waals surface area contributed by atoms with Crippen molar-refractivity contribution in [3.8, 4) is 0 Å². The van der Waals surface area contributed by atoms with Gasteiger partial charge in [0.15, 0.2) is 0 Å². The summed E-state index contributed by atoms with van der Waals surface area (Å²) in [6.45, 7) is 1.99. The maximum Gasteiger partial charge on any atom is 0.411 e. The van der Waals surface area contributed by atoms with Gasteiger partial charge in [-0.05, 0) is 31.7 Å². The summed E-state index contributed by atoms with van der Waals surface area (Å²) in [5.41, 5.74) is 0. The van der Waals surface area contributed by atoms with Crippen molar-refractivity contribution in [2.75, 3.05) is 19.8 Å². The van der Waals surface area contributed by atoms with E-state index in [0.29, 0.717) is 12.5 Å². The molecule has 0 atom stereocenters. The Bertz CT molecular complexity index is 178. The standard InChI is InChI=1S/C10H18F3NO/c1-8-5-9(6-8)14-3-2-4-15-7-10(11,12)13/h8-9,14H,2-7H2,1H3. The molecule has 1 aliphatic rings. The van der Waals surface area contributed by atoms with Crippen LogP contribution in [0.1, 0.15) is 26.2 Å². The summed E-state index contributed by atoms with van der Waals surface area (Å²) in [6, 6.07) is 0.572. The van der Waals surface area contributed by atoms with E-state index in [1.165, 1.54) is 12.8 Å². The molecule has 0 saturated heterocycles. The number of ether oxygens (including phenoxy) is 1. The summed E-state index contributed by atoms with van der Waals surface area (Å²) in [5, 5.41) is 3.29. The van der Waals surface area contributed by atoms with E-state index in [1.807, 2.05) is 0 Å². The van der Waals surface area contributed by atoms with E-state index in [1.54, 1.807) is 0 Å².